The van der Waals surface area contributed by atoms with Crippen molar-refractivity contribution in [1.82, 2.24) is 4.90 Å². The number of nitrogens with zero attached hydrogens (tertiary/aromatic N) is 1. The van der Waals surface area contributed by atoms with E-state index in [9.17, 15) is 0 Å². The summed E-state index contributed by atoms with van der Waals surface area (Å²) in [6, 6.07) is 9.08. The molecule has 0 spiro atoms. The van der Waals surface area contributed by atoms with Crippen LogP contribution in [-0.2, 0) is 10.3 Å². The Balaban J connectivity index is 2.35. The number of benzene rings is 1. The van der Waals surface area contributed by atoms with Gasteiger partial charge in [0.15, 0.2) is 0 Å². The third-order valence-electron chi connectivity index (χ3n) is 4.45. The van der Waals surface area contributed by atoms with Gasteiger partial charge in [0, 0.05) is 19.7 Å². The molecule has 1 heterocycles. The predicted molar refractivity (Wildman–Crippen MR) is 79.0 cm³/mol. The van der Waals surface area contributed by atoms with Gasteiger partial charge in [0.1, 0.15) is 0 Å². The molecule has 3 heteroatoms. The van der Waals surface area contributed by atoms with Gasteiger partial charge in [-0.25, -0.2) is 0 Å². The molecule has 1 aromatic carbocycles. The second-order valence-corrected chi connectivity index (χ2v) is 6.09. The highest BCUT2D eigenvalue weighted by molar-refractivity contribution is 5.35. The zero-order chi connectivity index (χ0) is 14.0. The Kier molecular flexibility index (Phi) is 4.29. The van der Waals surface area contributed by atoms with Gasteiger partial charge in [-0.05, 0) is 50.9 Å². The van der Waals surface area contributed by atoms with Gasteiger partial charge in [-0.2, -0.15) is 0 Å². The molecular weight excluding hydrogens is 236 g/mol. The van der Waals surface area contributed by atoms with E-state index in [-0.39, 0.29) is 5.60 Å². The van der Waals surface area contributed by atoms with Crippen LogP contribution in [0.15, 0.2) is 24.3 Å². The number of methoxy groups -OCH3 is 1. The van der Waals surface area contributed by atoms with E-state index in [1.165, 1.54) is 11.1 Å². The zero-order valence-electron chi connectivity index (χ0n) is 12.5. The van der Waals surface area contributed by atoms with Crippen molar-refractivity contribution in [1.29, 1.82) is 0 Å². The summed E-state index contributed by atoms with van der Waals surface area (Å²) in [6.45, 7) is 6.11. The number of nitrogens with two attached hydrogens (primary N) is 1. The Morgan fingerprint density at radius 2 is 2.05 bits per heavy atom. The van der Waals surface area contributed by atoms with E-state index >= 15 is 0 Å². The molecule has 0 aliphatic carbocycles. The van der Waals surface area contributed by atoms with E-state index in [2.05, 4.69) is 50.1 Å². The molecule has 0 bridgehead atoms. The number of likely N-dealkylation sites (tertiary alicyclic amines) is 1. The first-order valence-electron chi connectivity index (χ1n) is 7.04. The molecule has 0 saturated carbocycles. The minimum Gasteiger partial charge on any atom is -0.374 e. The fraction of sp³-hybridized carbons (Fsp3) is 0.625. The number of rotatable bonds is 4. The summed E-state index contributed by atoms with van der Waals surface area (Å²) in [7, 11) is 3.97. The fourth-order valence-corrected chi connectivity index (χ4v) is 3.09. The number of hydrogen-bond donors (Lipinski definition) is 1. The average Bonchev–Trinajstić information content (AvgIpc) is 2.80. The van der Waals surface area contributed by atoms with Gasteiger partial charge in [-0.1, -0.05) is 24.3 Å². The fourth-order valence-electron chi connectivity index (χ4n) is 3.09. The molecule has 1 saturated heterocycles. The van der Waals surface area contributed by atoms with Crippen molar-refractivity contribution in [2.24, 2.45) is 11.7 Å². The molecule has 2 atom stereocenters. The van der Waals surface area contributed by atoms with Gasteiger partial charge in [-0.15, -0.1) is 0 Å². The summed E-state index contributed by atoms with van der Waals surface area (Å²) in [5.74, 6) is 0.605. The van der Waals surface area contributed by atoms with Crippen LogP contribution >= 0.6 is 0 Å². The van der Waals surface area contributed by atoms with Crippen LogP contribution in [0.1, 0.15) is 37.4 Å². The zero-order valence-corrected chi connectivity index (χ0v) is 12.5. The molecule has 2 N–H and O–H groups in total. The SMILES string of the molecule is COC(C)(C)c1ccccc1C1CC(CN)CN1C. The Bertz CT molecular complexity index is 431. The highest BCUT2D eigenvalue weighted by Crippen LogP contribution is 2.39. The van der Waals surface area contributed by atoms with E-state index in [1.807, 2.05) is 0 Å². The molecule has 0 amide bonds. The summed E-state index contributed by atoms with van der Waals surface area (Å²) in [4.78, 5) is 2.42. The highest BCUT2D eigenvalue weighted by atomic mass is 16.5. The standard InChI is InChI=1S/C16H26N2O/c1-16(2,19-4)14-8-6-5-7-13(14)15-9-12(10-17)11-18(15)3/h5-8,12,15H,9-11,17H2,1-4H3. The lowest BCUT2D eigenvalue weighted by Gasteiger charge is -2.30. The minimum absolute atomic E-state index is 0.252. The van der Waals surface area contributed by atoms with E-state index in [4.69, 9.17) is 10.5 Å². The van der Waals surface area contributed by atoms with Crippen molar-refractivity contribution in [3.05, 3.63) is 35.4 Å². The van der Waals surface area contributed by atoms with Crippen LogP contribution in [0.4, 0.5) is 0 Å². The van der Waals surface area contributed by atoms with Crippen LogP contribution < -0.4 is 5.73 Å². The quantitative estimate of drug-likeness (QED) is 0.906. The summed E-state index contributed by atoms with van der Waals surface area (Å²) in [6.07, 6.45) is 1.14. The summed E-state index contributed by atoms with van der Waals surface area (Å²) >= 11 is 0. The maximum atomic E-state index is 5.83. The van der Waals surface area contributed by atoms with Gasteiger partial charge < -0.3 is 10.5 Å². The normalized spacial score (nSPS) is 24.9. The molecule has 2 unspecified atom stereocenters. The lowest BCUT2D eigenvalue weighted by atomic mass is 9.88. The second-order valence-electron chi connectivity index (χ2n) is 6.09. The monoisotopic (exact) mass is 262 g/mol. The van der Waals surface area contributed by atoms with Crippen molar-refractivity contribution < 1.29 is 4.74 Å². The Morgan fingerprint density at radius 3 is 2.63 bits per heavy atom. The maximum absolute atomic E-state index is 5.83. The molecule has 1 aliphatic heterocycles. The molecule has 3 nitrogen and oxygen atoms in total. The number of hydrogen-bond acceptors (Lipinski definition) is 3. The molecule has 19 heavy (non-hydrogen) atoms. The van der Waals surface area contributed by atoms with Gasteiger partial charge >= 0.3 is 0 Å². The third-order valence-corrected chi connectivity index (χ3v) is 4.45. The molecule has 0 radical (unpaired) electrons. The van der Waals surface area contributed by atoms with Crippen molar-refractivity contribution in [3.8, 4) is 0 Å². The van der Waals surface area contributed by atoms with E-state index in [0.29, 0.717) is 12.0 Å². The second kappa shape index (κ2) is 5.61. The Labute approximate surface area is 116 Å². The van der Waals surface area contributed by atoms with Gasteiger partial charge in [-0.3, -0.25) is 4.90 Å². The molecule has 1 fully saturated rings. The van der Waals surface area contributed by atoms with E-state index in [1.54, 1.807) is 7.11 Å². The van der Waals surface area contributed by atoms with E-state index < -0.39 is 0 Å². The average molecular weight is 262 g/mol. The third kappa shape index (κ3) is 2.83. The predicted octanol–water partition coefficient (Wildman–Crippen LogP) is 2.52. The molecule has 106 valence electrons. The summed E-state index contributed by atoms with van der Waals surface area (Å²) in [5.41, 5.74) is 8.25. The first kappa shape index (κ1) is 14.5. The molecule has 2 rings (SSSR count). The first-order chi connectivity index (χ1) is 8.99. The highest BCUT2D eigenvalue weighted by Gasteiger charge is 2.33. The minimum atomic E-state index is -0.252. The molecule has 1 aliphatic rings. The van der Waals surface area contributed by atoms with Gasteiger partial charge in [0.25, 0.3) is 0 Å². The molecular formula is C16H26N2O. The Morgan fingerprint density at radius 1 is 1.37 bits per heavy atom. The summed E-state index contributed by atoms with van der Waals surface area (Å²) < 4.78 is 5.67. The number of ether oxygens (including phenoxy) is 1. The van der Waals surface area contributed by atoms with Crippen LogP contribution in [-0.4, -0.2) is 32.1 Å². The smallest absolute Gasteiger partial charge is 0.0874 e. The van der Waals surface area contributed by atoms with Crippen molar-refractivity contribution >= 4 is 0 Å². The van der Waals surface area contributed by atoms with Crippen molar-refractivity contribution in [2.75, 3.05) is 27.2 Å². The first-order valence-corrected chi connectivity index (χ1v) is 7.04. The molecule has 1 aromatic rings. The van der Waals surface area contributed by atoms with Crippen LogP contribution in [0, 0.1) is 5.92 Å². The molecule has 0 aromatic heterocycles. The van der Waals surface area contributed by atoms with Crippen LogP contribution in [0.25, 0.3) is 0 Å². The van der Waals surface area contributed by atoms with Gasteiger partial charge in [0.05, 0.1) is 5.60 Å². The maximum Gasteiger partial charge on any atom is 0.0874 e. The largest absolute Gasteiger partial charge is 0.374 e. The lowest BCUT2D eigenvalue weighted by molar-refractivity contribution is 0.0176. The van der Waals surface area contributed by atoms with Crippen molar-refractivity contribution in [3.63, 3.8) is 0 Å². The lowest BCUT2D eigenvalue weighted by Crippen LogP contribution is -2.26. The Hall–Kier alpha value is -0.900. The van der Waals surface area contributed by atoms with E-state index in [0.717, 1.165) is 19.5 Å². The van der Waals surface area contributed by atoms with Gasteiger partial charge in [0.2, 0.25) is 0 Å². The van der Waals surface area contributed by atoms with Crippen LogP contribution in [0.2, 0.25) is 0 Å². The topological polar surface area (TPSA) is 38.5 Å². The van der Waals surface area contributed by atoms with Crippen molar-refractivity contribution in [2.45, 2.75) is 31.9 Å². The summed E-state index contributed by atoms with van der Waals surface area (Å²) in [5, 5.41) is 0. The van der Waals surface area contributed by atoms with Crippen LogP contribution in [0.5, 0.6) is 0 Å². The van der Waals surface area contributed by atoms with Crippen LogP contribution in [0.3, 0.4) is 0 Å².